The summed E-state index contributed by atoms with van der Waals surface area (Å²) in [6, 6.07) is 11.1. The predicted molar refractivity (Wildman–Crippen MR) is 166 cm³/mol. The topological polar surface area (TPSA) is 108 Å². The van der Waals surface area contributed by atoms with Gasteiger partial charge in [0.2, 0.25) is 10.0 Å². The van der Waals surface area contributed by atoms with Crippen LogP contribution in [-0.4, -0.2) is 57.0 Å². The molecule has 0 atom stereocenters. The fraction of sp³-hybridized carbons (Fsp3) is 0.533. The van der Waals surface area contributed by atoms with Crippen LogP contribution in [0.5, 0.6) is 0 Å². The van der Waals surface area contributed by atoms with Gasteiger partial charge in [-0.3, -0.25) is 13.9 Å². The number of nitrogens with zero attached hydrogens (tertiary/aromatic N) is 2. The van der Waals surface area contributed by atoms with Gasteiger partial charge in [0.25, 0.3) is 5.91 Å². The van der Waals surface area contributed by atoms with E-state index >= 15 is 0 Å². The number of piperidine rings is 1. The minimum atomic E-state index is -3.56. The van der Waals surface area contributed by atoms with Crippen molar-refractivity contribution in [2.45, 2.75) is 64.5 Å². The number of esters is 1. The molecule has 9 nitrogen and oxygen atoms in total. The number of benzene rings is 2. The van der Waals surface area contributed by atoms with E-state index < -0.39 is 14.8 Å². The molecule has 2 aromatic rings. The molecule has 3 aliphatic rings. The Labute approximate surface area is 247 Å². The van der Waals surface area contributed by atoms with Crippen LogP contribution in [0.25, 0.3) is 0 Å². The number of amides is 1. The third-order valence-corrected chi connectivity index (χ3v) is 11.6. The Balaban J connectivity index is 1.36. The van der Waals surface area contributed by atoms with E-state index in [0.717, 1.165) is 42.9 Å². The molecule has 0 radical (unpaired) electrons. The molecule has 1 saturated heterocycles. The number of nitrogens with one attached hydrogen (secondary N) is 2. The first-order valence-electron chi connectivity index (χ1n) is 14.3. The molecule has 2 N–H and O–H groups in total. The van der Waals surface area contributed by atoms with Crippen molar-refractivity contribution in [3.63, 3.8) is 0 Å². The summed E-state index contributed by atoms with van der Waals surface area (Å²) in [5, 5.41) is 3.02. The molecule has 2 aromatic carbocycles. The van der Waals surface area contributed by atoms with Crippen molar-refractivity contribution in [3.05, 3.63) is 47.5 Å². The van der Waals surface area contributed by atoms with Crippen LogP contribution in [-0.2, 0) is 26.0 Å². The van der Waals surface area contributed by atoms with Gasteiger partial charge in [0.05, 0.1) is 28.3 Å². The van der Waals surface area contributed by atoms with Crippen LogP contribution in [0.1, 0.15) is 69.3 Å². The number of sulfonamides is 1. The number of rotatable bonds is 9. The van der Waals surface area contributed by atoms with Crippen LogP contribution in [0, 0.1) is 5.41 Å². The van der Waals surface area contributed by atoms with Gasteiger partial charge in [0, 0.05) is 31.0 Å². The number of carbonyl (C=O) groups is 2. The normalized spacial score (nSPS) is 17.8. The van der Waals surface area contributed by atoms with Gasteiger partial charge in [0.15, 0.2) is 0 Å². The Kier molecular flexibility index (Phi) is 8.22. The molecule has 2 heterocycles. The first-order chi connectivity index (χ1) is 19.4. The molecular formula is C30H40N4O5S2. The second-order valence-corrected chi connectivity index (χ2v) is 15.5. The SMILES string of the molecule is CCOC(=O)CSNc1ccc(C(=O)Nc2ccc3c(c2)N(S(=O)(=O)C(C)(C)C)CC3)c(N2CCC3(CC2)CC3)c1. The Hall–Kier alpha value is -2.92. The fourth-order valence-electron chi connectivity index (χ4n) is 5.53. The van der Waals surface area contributed by atoms with E-state index in [0.29, 0.717) is 41.9 Å². The van der Waals surface area contributed by atoms with Gasteiger partial charge in [-0.25, -0.2) is 8.42 Å². The van der Waals surface area contributed by atoms with Crippen molar-refractivity contribution in [2.24, 2.45) is 5.41 Å². The molecule has 5 rings (SSSR count). The Morgan fingerprint density at radius 1 is 0.976 bits per heavy atom. The molecule has 1 saturated carbocycles. The number of ether oxygens (including phenoxy) is 1. The number of hydrogen-bond acceptors (Lipinski definition) is 8. The molecule has 2 fully saturated rings. The van der Waals surface area contributed by atoms with Crippen LogP contribution >= 0.6 is 11.9 Å². The van der Waals surface area contributed by atoms with Crippen molar-refractivity contribution in [2.75, 3.05) is 51.2 Å². The molecular weight excluding hydrogens is 560 g/mol. The summed E-state index contributed by atoms with van der Waals surface area (Å²) in [7, 11) is -3.56. The highest BCUT2D eigenvalue weighted by atomic mass is 32.2. The summed E-state index contributed by atoms with van der Waals surface area (Å²) >= 11 is 1.25. The van der Waals surface area contributed by atoms with E-state index in [1.165, 1.54) is 29.1 Å². The summed E-state index contributed by atoms with van der Waals surface area (Å²) in [5.74, 6) is -0.353. The highest BCUT2D eigenvalue weighted by Gasteiger charge is 2.44. The van der Waals surface area contributed by atoms with E-state index in [4.69, 9.17) is 4.74 Å². The average Bonchev–Trinajstić information content (AvgIpc) is 3.53. The lowest BCUT2D eigenvalue weighted by atomic mass is 9.93. The van der Waals surface area contributed by atoms with E-state index in [-0.39, 0.29) is 17.6 Å². The molecule has 1 aliphatic carbocycles. The van der Waals surface area contributed by atoms with Gasteiger partial charge < -0.3 is 19.7 Å². The highest BCUT2D eigenvalue weighted by molar-refractivity contribution is 8.01. The molecule has 0 aromatic heterocycles. The quantitative estimate of drug-likeness (QED) is 0.290. The smallest absolute Gasteiger partial charge is 0.317 e. The first-order valence-corrected chi connectivity index (χ1v) is 16.7. The molecule has 1 spiro atoms. The Morgan fingerprint density at radius 2 is 1.66 bits per heavy atom. The van der Waals surface area contributed by atoms with Crippen molar-refractivity contribution in [1.29, 1.82) is 0 Å². The molecule has 0 bridgehead atoms. The van der Waals surface area contributed by atoms with Gasteiger partial charge in [-0.05, 0) is 113 Å². The van der Waals surface area contributed by atoms with Gasteiger partial charge in [-0.2, -0.15) is 0 Å². The maximum absolute atomic E-state index is 13.7. The fourth-order valence-corrected chi connectivity index (χ4v) is 7.52. The minimum Gasteiger partial charge on any atom is -0.465 e. The number of carbonyl (C=O) groups excluding carboxylic acids is 2. The zero-order valence-electron chi connectivity index (χ0n) is 24.3. The summed E-state index contributed by atoms with van der Waals surface area (Å²) < 4.78 is 35.2. The third kappa shape index (κ3) is 6.30. The van der Waals surface area contributed by atoms with Crippen LogP contribution in [0.2, 0.25) is 0 Å². The van der Waals surface area contributed by atoms with Gasteiger partial charge >= 0.3 is 5.97 Å². The van der Waals surface area contributed by atoms with Crippen LogP contribution in [0.3, 0.4) is 0 Å². The number of fused-ring (bicyclic) bond motifs is 1. The third-order valence-electron chi connectivity index (χ3n) is 8.31. The van der Waals surface area contributed by atoms with Crippen molar-refractivity contribution >= 4 is 56.6 Å². The second kappa shape index (κ2) is 11.4. The lowest BCUT2D eigenvalue weighted by molar-refractivity contribution is -0.139. The van der Waals surface area contributed by atoms with Crippen LogP contribution in [0.4, 0.5) is 22.7 Å². The summed E-state index contributed by atoms with van der Waals surface area (Å²) in [4.78, 5) is 27.7. The second-order valence-electron chi connectivity index (χ2n) is 12.2. The maximum atomic E-state index is 13.7. The predicted octanol–water partition coefficient (Wildman–Crippen LogP) is 5.43. The largest absolute Gasteiger partial charge is 0.465 e. The van der Waals surface area contributed by atoms with Crippen molar-refractivity contribution in [1.82, 2.24) is 0 Å². The molecule has 11 heteroatoms. The van der Waals surface area contributed by atoms with E-state index in [1.807, 2.05) is 30.3 Å². The van der Waals surface area contributed by atoms with E-state index in [1.54, 1.807) is 33.8 Å². The van der Waals surface area contributed by atoms with Crippen molar-refractivity contribution < 1.29 is 22.7 Å². The Morgan fingerprint density at radius 3 is 2.32 bits per heavy atom. The molecule has 222 valence electrons. The molecule has 41 heavy (non-hydrogen) atoms. The summed E-state index contributed by atoms with van der Waals surface area (Å²) in [6.07, 6.45) is 5.46. The monoisotopic (exact) mass is 600 g/mol. The molecule has 2 aliphatic heterocycles. The first kappa shape index (κ1) is 29.6. The van der Waals surface area contributed by atoms with E-state index in [9.17, 15) is 18.0 Å². The maximum Gasteiger partial charge on any atom is 0.317 e. The van der Waals surface area contributed by atoms with Gasteiger partial charge in [-0.1, -0.05) is 6.07 Å². The zero-order chi connectivity index (χ0) is 29.4. The average molecular weight is 601 g/mol. The van der Waals surface area contributed by atoms with Crippen LogP contribution < -0.4 is 19.2 Å². The number of hydrogen-bond donors (Lipinski definition) is 2. The summed E-state index contributed by atoms with van der Waals surface area (Å²) in [5.41, 5.74) is 4.83. The lowest BCUT2D eigenvalue weighted by Gasteiger charge is -2.35. The van der Waals surface area contributed by atoms with Gasteiger partial charge in [0.1, 0.15) is 5.75 Å². The highest BCUT2D eigenvalue weighted by Crippen LogP contribution is 2.54. The van der Waals surface area contributed by atoms with Gasteiger partial charge in [-0.15, -0.1) is 0 Å². The lowest BCUT2D eigenvalue weighted by Crippen LogP contribution is -2.42. The Bertz CT molecular complexity index is 1420. The summed E-state index contributed by atoms with van der Waals surface area (Å²) in [6.45, 7) is 9.40. The molecule has 0 unspecified atom stereocenters. The van der Waals surface area contributed by atoms with E-state index in [2.05, 4.69) is 14.9 Å². The minimum absolute atomic E-state index is 0.178. The van der Waals surface area contributed by atoms with Crippen LogP contribution in [0.15, 0.2) is 36.4 Å². The number of anilines is 4. The zero-order valence-corrected chi connectivity index (χ0v) is 25.9. The molecule has 1 amide bonds. The van der Waals surface area contributed by atoms with Crippen molar-refractivity contribution in [3.8, 4) is 0 Å². The standard InChI is InChI=1S/C30H40N4O5S2/c1-5-39-27(35)20-40-32-23-8-9-24(26(19-23)33-16-13-30(11-12-30)14-17-33)28(36)31-22-7-6-21-10-15-34(25(21)18-22)41(37,38)29(2,3)4/h6-9,18-19,32H,5,10-17,20H2,1-4H3,(H,31,36).